The van der Waals surface area contributed by atoms with Crippen molar-refractivity contribution in [3.8, 4) is 0 Å². The normalized spacial score (nSPS) is 14.8. The van der Waals surface area contributed by atoms with Crippen molar-refractivity contribution in [2.24, 2.45) is 0 Å². The van der Waals surface area contributed by atoms with Crippen molar-refractivity contribution >= 4 is 52.8 Å². The van der Waals surface area contributed by atoms with Gasteiger partial charge >= 0.3 is 0 Å². The van der Waals surface area contributed by atoms with E-state index in [9.17, 15) is 9.18 Å². The molecule has 0 saturated carbocycles. The minimum atomic E-state index is -0.411. The molecule has 1 aromatic heterocycles. The smallest absolute Gasteiger partial charge is 0.250 e. The van der Waals surface area contributed by atoms with Crippen LogP contribution in [0.15, 0.2) is 84.9 Å². The van der Waals surface area contributed by atoms with Crippen molar-refractivity contribution in [3.05, 3.63) is 118 Å². The minimum absolute atomic E-state index is 0.144. The third kappa shape index (κ3) is 5.26. The molecule has 0 saturated heterocycles. The molecule has 1 amide bonds. The molecule has 35 heavy (non-hydrogen) atoms. The van der Waals surface area contributed by atoms with Gasteiger partial charge in [0.15, 0.2) is 0 Å². The van der Waals surface area contributed by atoms with E-state index in [4.69, 9.17) is 23.2 Å². The highest BCUT2D eigenvalue weighted by atomic mass is 35.5. The third-order valence-electron chi connectivity index (χ3n) is 5.36. The molecule has 2 heterocycles. The highest BCUT2D eigenvalue weighted by Gasteiger charge is 2.25. The standard InChI is InChI=1S/C26H18Cl2FN5O/c27-19-8-4-17(5-9-19)22-15-23(18-6-10-20(28)11-7-18)34-26(30-22)32-25(33-34)31-24(35)14-3-16-1-12-21(29)13-2-16/h1-15,23H,(H2,30,31,32,33,35)/b14-3+/t23-/m1/s1. The maximum atomic E-state index is 13.1. The Bertz CT molecular complexity index is 1430. The van der Waals surface area contributed by atoms with Gasteiger partial charge in [-0.1, -0.05) is 59.6 Å². The van der Waals surface area contributed by atoms with Crippen LogP contribution >= 0.6 is 23.2 Å². The Morgan fingerprint density at radius 2 is 1.63 bits per heavy atom. The summed E-state index contributed by atoms with van der Waals surface area (Å²) in [5.74, 6) is -0.138. The molecule has 6 nitrogen and oxygen atoms in total. The van der Waals surface area contributed by atoms with Gasteiger partial charge in [-0.15, -0.1) is 5.10 Å². The Morgan fingerprint density at radius 3 is 2.31 bits per heavy atom. The molecule has 0 unspecified atom stereocenters. The number of anilines is 2. The number of aromatic nitrogens is 3. The predicted octanol–water partition coefficient (Wildman–Crippen LogP) is 6.43. The van der Waals surface area contributed by atoms with E-state index in [2.05, 4.69) is 20.7 Å². The summed E-state index contributed by atoms with van der Waals surface area (Å²) in [7, 11) is 0. The minimum Gasteiger partial charge on any atom is -0.324 e. The molecule has 2 N–H and O–H groups in total. The maximum absolute atomic E-state index is 13.1. The van der Waals surface area contributed by atoms with Crippen LogP contribution in [0.2, 0.25) is 10.0 Å². The molecule has 0 aliphatic carbocycles. The first-order valence-electron chi connectivity index (χ1n) is 10.7. The Labute approximate surface area is 210 Å². The predicted molar refractivity (Wildman–Crippen MR) is 137 cm³/mol. The third-order valence-corrected chi connectivity index (χ3v) is 5.87. The molecule has 0 bridgehead atoms. The van der Waals surface area contributed by atoms with Crippen LogP contribution in [0.25, 0.3) is 11.8 Å². The SMILES string of the molecule is O=C(/C=C/c1ccc(F)cc1)Nc1nc2n(n1)[C@@H](c1ccc(Cl)cc1)C=C(c1ccc(Cl)cc1)N2. The second-order valence-corrected chi connectivity index (χ2v) is 8.66. The second-order valence-electron chi connectivity index (χ2n) is 7.79. The Hall–Kier alpha value is -3.94. The molecule has 9 heteroatoms. The Balaban J connectivity index is 1.42. The number of rotatable bonds is 5. The summed E-state index contributed by atoms with van der Waals surface area (Å²) in [6, 6.07) is 20.5. The van der Waals surface area contributed by atoms with Gasteiger partial charge in [0.1, 0.15) is 11.9 Å². The van der Waals surface area contributed by atoms with E-state index in [0.29, 0.717) is 21.6 Å². The molecule has 5 rings (SSSR count). The molecule has 174 valence electrons. The van der Waals surface area contributed by atoms with E-state index >= 15 is 0 Å². The van der Waals surface area contributed by atoms with Crippen LogP contribution in [0.3, 0.4) is 0 Å². The van der Waals surface area contributed by atoms with Crippen LogP contribution in [0.5, 0.6) is 0 Å². The molecule has 1 aliphatic rings. The summed E-state index contributed by atoms with van der Waals surface area (Å²) >= 11 is 12.1. The zero-order chi connectivity index (χ0) is 24.4. The average Bonchev–Trinajstić information content (AvgIpc) is 3.26. The van der Waals surface area contributed by atoms with Gasteiger partial charge in [0.25, 0.3) is 11.9 Å². The highest BCUT2D eigenvalue weighted by Crippen LogP contribution is 2.34. The summed E-state index contributed by atoms with van der Waals surface area (Å²) in [6.07, 6.45) is 4.95. The molecule has 0 fully saturated rings. The fourth-order valence-electron chi connectivity index (χ4n) is 3.64. The Kier molecular flexibility index (Phi) is 6.35. The Morgan fingerprint density at radius 1 is 0.971 bits per heavy atom. The lowest BCUT2D eigenvalue weighted by Crippen LogP contribution is -2.20. The van der Waals surface area contributed by atoms with Crippen molar-refractivity contribution in [1.29, 1.82) is 0 Å². The van der Waals surface area contributed by atoms with Crippen LogP contribution in [-0.4, -0.2) is 20.7 Å². The number of carbonyl (C=O) groups is 1. The van der Waals surface area contributed by atoms with Gasteiger partial charge in [0.05, 0.1) is 0 Å². The van der Waals surface area contributed by atoms with Gasteiger partial charge in [-0.25, -0.2) is 9.07 Å². The number of nitrogens with one attached hydrogen (secondary N) is 2. The van der Waals surface area contributed by atoms with Crippen LogP contribution < -0.4 is 10.6 Å². The lowest BCUT2D eigenvalue weighted by Gasteiger charge is -2.24. The average molecular weight is 506 g/mol. The first kappa shape index (κ1) is 22.8. The van der Waals surface area contributed by atoms with E-state index in [1.807, 2.05) is 54.6 Å². The van der Waals surface area contributed by atoms with Crippen LogP contribution in [0.1, 0.15) is 22.7 Å². The van der Waals surface area contributed by atoms with Gasteiger partial charge < -0.3 is 5.32 Å². The molecule has 1 aliphatic heterocycles. The van der Waals surface area contributed by atoms with Crippen LogP contribution in [-0.2, 0) is 4.79 Å². The lowest BCUT2D eigenvalue weighted by atomic mass is 10.0. The number of amides is 1. The molecule has 0 radical (unpaired) electrons. The second kappa shape index (κ2) is 9.74. The number of carbonyl (C=O) groups excluding carboxylic acids is 1. The van der Waals surface area contributed by atoms with Crippen molar-refractivity contribution < 1.29 is 9.18 Å². The summed E-state index contributed by atoms with van der Waals surface area (Å²) in [5, 5.41) is 11.7. The van der Waals surface area contributed by atoms with Crippen LogP contribution in [0.4, 0.5) is 16.3 Å². The number of halogens is 3. The number of nitrogens with zero attached hydrogens (tertiary/aromatic N) is 3. The zero-order valence-electron chi connectivity index (χ0n) is 18.1. The molecular weight excluding hydrogens is 488 g/mol. The fraction of sp³-hybridized carbons (Fsp3) is 0.0385. The van der Waals surface area contributed by atoms with E-state index in [0.717, 1.165) is 16.8 Å². The quantitative estimate of drug-likeness (QED) is 0.306. The van der Waals surface area contributed by atoms with Crippen molar-refractivity contribution in [3.63, 3.8) is 0 Å². The fourth-order valence-corrected chi connectivity index (χ4v) is 3.89. The van der Waals surface area contributed by atoms with E-state index in [-0.39, 0.29) is 17.8 Å². The zero-order valence-corrected chi connectivity index (χ0v) is 19.6. The van der Waals surface area contributed by atoms with Crippen LogP contribution in [0, 0.1) is 5.82 Å². The number of hydrogen-bond acceptors (Lipinski definition) is 4. The first-order valence-corrected chi connectivity index (χ1v) is 11.4. The maximum Gasteiger partial charge on any atom is 0.250 e. The number of fused-ring (bicyclic) bond motifs is 1. The van der Waals surface area contributed by atoms with Gasteiger partial charge in [-0.05, 0) is 65.2 Å². The number of allylic oxidation sites excluding steroid dienone is 1. The van der Waals surface area contributed by atoms with E-state index < -0.39 is 5.91 Å². The van der Waals surface area contributed by atoms with Crippen molar-refractivity contribution in [2.75, 3.05) is 10.6 Å². The highest BCUT2D eigenvalue weighted by molar-refractivity contribution is 6.30. The molecular formula is C26H18Cl2FN5O. The summed E-state index contributed by atoms with van der Waals surface area (Å²) in [5.41, 5.74) is 3.40. The van der Waals surface area contributed by atoms with Gasteiger partial charge in [-0.2, -0.15) is 4.98 Å². The first-order chi connectivity index (χ1) is 16.9. The summed E-state index contributed by atoms with van der Waals surface area (Å²) in [6.45, 7) is 0. The van der Waals surface area contributed by atoms with Gasteiger partial charge in [-0.3, -0.25) is 10.1 Å². The van der Waals surface area contributed by atoms with Crippen molar-refractivity contribution in [1.82, 2.24) is 14.8 Å². The summed E-state index contributed by atoms with van der Waals surface area (Å²) in [4.78, 5) is 16.9. The number of hydrogen-bond donors (Lipinski definition) is 2. The summed E-state index contributed by atoms with van der Waals surface area (Å²) < 4.78 is 14.8. The van der Waals surface area contributed by atoms with E-state index in [1.165, 1.54) is 18.2 Å². The van der Waals surface area contributed by atoms with Gasteiger partial charge in [0, 0.05) is 21.8 Å². The van der Waals surface area contributed by atoms with Gasteiger partial charge in [0.2, 0.25) is 5.95 Å². The molecule has 3 aromatic carbocycles. The van der Waals surface area contributed by atoms with Crippen molar-refractivity contribution in [2.45, 2.75) is 6.04 Å². The lowest BCUT2D eigenvalue weighted by molar-refractivity contribution is -0.111. The molecule has 4 aromatic rings. The molecule has 0 spiro atoms. The topological polar surface area (TPSA) is 71.8 Å². The monoisotopic (exact) mass is 505 g/mol. The largest absolute Gasteiger partial charge is 0.324 e. The number of benzene rings is 3. The molecule has 1 atom stereocenters. The van der Waals surface area contributed by atoms with E-state index in [1.54, 1.807) is 22.9 Å².